The van der Waals surface area contributed by atoms with Gasteiger partial charge in [-0.2, -0.15) is 0 Å². The molecule has 0 spiro atoms. The molecule has 0 saturated heterocycles. The molecule has 0 nitrogen and oxygen atoms in total. The molecular weight excluding hydrogens is 3970 g/mol. The van der Waals surface area contributed by atoms with Crippen molar-refractivity contribution in [1.29, 1.82) is 0 Å². The van der Waals surface area contributed by atoms with Crippen molar-refractivity contribution in [1.82, 2.24) is 0 Å². The molecule has 0 fully saturated rings. The molecule has 390 valence electrons. The van der Waals surface area contributed by atoms with E-state index in [0.717, 1.165) is 0 Å². The first-order chi connectivity index (χ1) is 0. The fourth-order valence-corrected chi connectivity index (χ4v) is 0. The summed E-state index contributed by atoms with van der Waals surface area (Å²) in [6, 6.07) is 0. The van der Waals surface area contributed by atoms with E-state index in [1.807, 2.05) is 0 Å². The standard InChI is InChI=1S/78V. The van der Waals surface area contributed by atoms with Gasteiger partial charge in [-0.05, 0) is 0 Å². The Morgan fingerprint density at radius 3 is 0.0128 bits per heavy atom. The number of hydrogen-bond donors (Lipinski definition) is 0. The van der Waals surface area contributed by atoms with Crippen molar-refractivity contribution >= 4 is 0 Å². The molecule has 0 amide bonds. The molecule has 0 aliphatic heterocycles. The van der Waals surface area contributed by atoms with E-state index in [-0.39, 0.29) is 1450 Å². The van der Waals surface area contributed by atoms with Crippen molar-refractivity contribution in [3.63, 3.8) is 0 Å². The summed E-state index contributed by atoms with van der Waals surface area (Å²) in [6.45, 7) is 0. The molecular formula is V78. The van der Waals surface area contributed by atoms with E-state index < -0.39 is 0 Å². The maximum atomic E-state index is 0. The number of rotatable bonds is 0. The van der Waals surface area contributed by atoms with Gasteiger partial charge in [0.2, 0.25) is 0 Å². The minimum atomic E-state index is 0. The average Bonchev–Trinajstić information content (AvgIpc) is 0. The molecule has 0 unspecified atom stereocenters. The third-order valence-electron chi connectivity index (χ3n) is 0. The van der Waals surface area contributed by atoms with Gasteiger partial charge in [0.25, 0.3) is 0 Å². The van der Waals surface area contributed by atoms with Crippen LogP contribution < -0.4 is 0 Å². The van der Waals surface area contributed by atoms with Gasteiger partial charge in [0.1, 0.15) is 0 Å². The second kappa shape index (κ2) is 872. The second-order valence-corrected chi connectivity index (χ2v) is 0. The van der Waals surface area contributed by atoms with E-state index in [1.165, 1.54) is 0 Å². The Kier molecular flexibility index (Phi) is 9990. The molecule has 78 heteroatoms. The SMILES string of the molecule is [V].[V].[V].[V].[V].[V].[V].[V].[V].[V].[V].[V].[V].[V].[V].[V].[V].[V].[V].[V].[V].[V].[V].[V].[V].[V].[V].[V].[V].[V].[V].[V].[V].[V].[V].[V].[V].[V].[V].[V].[V].[V].[V].[V].[V].[V].[V].[V].[V].[V].[V].[V].[V].[V].[V].[V].[V].[V].[V].[V].[V].[V].[V].[V].[V].[V].[V].[V].[V].[V].[V].[V].[V].[V].[V].[V].[V].[V]. The quantitative estimate of drug-likeness (QED) is 0.316. The van der Waals surface area contributed by atoms with E-state index >= 15 is 0 Å². The molecule has 0 aliphatic carbocycles. The van der Waals surface area contributed by atoms with Crippen LogP contribution in [-0.4, -0.2) is 0 Å². The Bertz CT molecular complexity index is 0. The molecule has 0 saturated carbocycles. The van der Waals surface area contributed by atoms with Crippen molar-refractivity contribution in [3.05, 3.63) is 0 Å². The van der Waals surface area contributed by atoms with Crippen LogP contribution in [0.4, 0.5) is 0 Å². The van der Waals surface area contributed by atoms with Crippen molar-refractivity contribution in [2.24, 2.45) is 0 Å². The summed E-state index contributed by atoms with van der Waals surface area (Å²) in [5, 5.41) is 0. The third-order valence-corrected chi connectivity index (χ3v) is 0. The second-order valence-electron chi connectivity index (χ2n) is 0. The Morgan fingerprint density at radius 2 is 0.0128 bits per heavy atom. The maximum Gasteiger partial charge on any atom is 0 e. The van der Waals surface area contributed by atoms with Crippen molar-refractivity contribution < 1.29 is 1450 Å². The van der Waals surface area contributed by atoms with Crippen LogP contribution in [-0.2, 0) is 1450 Å². The van der Waals surface area contributed by atoms with E-state index in [2.05, 4.69) is 0 Å². The summed E-state index contributed by atoms with van der Waals surface area (Å²) in [6.07, 6.45) is 0. The first-order valence-corrected chi connectivity index (χ1v) is 0. The minimum Gasteiger partial charge on any atom is 0 e. The van der Waals surface area contributed by atoms with Crippen molar-refractivity contribution in [2.45, 2.75) is 0 Å². The summed E-state index contributed by atoms with van der Waals surface area (Å²) >= 11 is 0. The van der Waals surface area contributed by atoms with Crippen LogP contribution in [0.25, 0.3) is 0 Å². The number of hydrogen-bond acceptors (Lipinski definition) is 0. The monoisotopic (exact) mass is 3970 g/mol. The molecule has 0 rings (SSSR count). The van der Waals surface area contributed by atoms with Gasteiger partial charge in [0.05, 0.1) is 0 Å². The third kappa shape index (κ3) is 851. The van der Waals surface area contributed by atoms with Crippen LogP contribution in [0.5, 0.6) is 0 Å². The van der Waals surface area contributed by atoms with Crippen LogP contribution in [0, 0.1) is 0 Å². The van der Waals surface area contributed by atoms with Gasteiger partial charge in [0, 0.05) is 1450 Å². The predicted octanol–water partition coefficient (Wildman–Crippen LogP) is -0.195. The molecule has 0 aromatic rings. The fourth-order valence-electron chi connectivity index (χ4n) is 0. The minimum absolute atomic E-state index is 0. The predicted molar refractivity (Wildman–Crippen MR) is 0 cm³/mol. The van der Waals surface area contributed by atoms with Gasteiger partial charge < -0.3 is 0 Å². The van der Waals surface area contributed by atoms with Gasteiger partial charge in [-0.25, -0.2) is 0 Å². The smallest absolute Gasteiger partial charge is 0 e. The maximum absolute atomic E-state index is 0. The Balaban J connectivity index is 0. The summed E-state index contributed by atoms with van der Waals surface area (Å²) < 4.78 is 0. The molecule has 0 aromatic heterocycles. The molecule has 0 N–H and O–H groups in total. The molecule has 0 atom stereocenters. The van der Waals surface area contributed by atoms with Gasteiger partial charge >= 0.3 is 0 Å². The Morgan fingerprint density at radius 1 is 0.0128 bits per heavy atom. The Hall–Kier alpha value is 45.6. The van der Waals surface area contributed by atoms with Crippen molar-refractivity contribution in [3.8, 4) is 0 Å². The molecule has 0 aromatic carbocycles. The van der Waals surface area contributed by atoms with Crippen LogP contribution in [0.3, 0.4) is 0 Å². The zero-order valence-corrected chi connectivity index (χ0v) is 144. The fraction of sp³-hybridized carbons (Fsp3) is 0. The van der Waals surface area contributed by atoms with Crippen LogP contribution in [0.15, 0.2) is 0 Å². The van der Waals surface area contributed by atoms with Crippen molar-refractivity contribution in [2.75, 3.05) is 0 Å². The molecule has 78 radical (unpaired) electrons. The van der Waals surface area contributed by atoms with Crippen LogP contribution in [0.2, 0.25) is 0 Å². The zero-order valence-electron chi connectivity index (χ0n) is 34.9. The van der Waals surface area contributed by atoms with E-state index in [9.17, 15) is 0 Å². The summed E-state index contributed by atoms with van der Waals surface area (Å²) in [5.74, 6) is 0. The largest absolute Gasteiger partial charge is 0 e. The normalized spacial score (nSPS) is 0. The zero-order chi connectivity index (χ0) is 0. The first-order valence-electron chi connectivity index (χ1n) is 0. The summed E-state index contributed by atoms with van der Waals surface area (Å²) in [7, 11) is 0. The average molecular weight is 3970 g/mol. The van der Waals surface area contributed by atoms with Gasteiger partial charge in [-0.15, -0.1) is 0 Å². The Labute approximate surface area is 1410 Å². The van der Waals surface area contributed by atoms with Gasteiger partial charge in [0.15, 0.2) is 0 Å². The topological polar surface area (TPSA) is 0 Å². The molecule has 0 aliphatic rings. The molecule has 0 heterocycles. The molecule has 0 bridgehead atoms. The van der Waals surface area contributed by atoms with E-state index in [4.69, 9.17) is 0 Å². The molecule has 78 heavy (non-hydrogen) atoms. The van der Waals surface area contributed by atoms with Crippen LogP contribution in [0.1, 0.15) is 0 Å². The van der Waals surface area contributed by atoms with Gasteiger partial charge in [-0.1, -0.05) is 0 Å². The summed E-state index contributed by atoms with van der Waals surface area (Å²) in [4.78, 5) is 0. The van der Waals surface area contributed by atoms with Crippen LogP contribution >= 0.6 is 0 Å². The van der Waals surface area contributed by atoms with E-state index in [0.29, 0.717) is 0 Å². The summed E-state index contributed by atoms with van der Waals surface area (Å²) in [5.41, 5.74) is 0. The van der Waals surface area contributed by atoms with Gasteiger partial charge in [-0.3, -0.25) is 0 Å². The first kappa shape index (κ1) is 894. The van der Waals surface area contributed by atoms with E-state index in [1.54, 1.807) is 0 Å².